The van der Waals surface area contributed by atoms with Gasteiger partial charge in [0.15, 0.2) is 0 Å². The third kappa shape index (κ3) is 5.27. The van der Waals surface area contributed by atoms with Crippen LogP contribution in [0.5, 0.6) is 5.19 Å². The van der Waals surface area contributed by atoms with Gasteiger partial charge in [-0.1, -0.05) is 28.8 Å². The number of amides is 1. The van der Waals surface area contributed by atoms with Crippen molar-refractivity contribution >= 4 is 39.8 Å². The fraction of sp³-hybridized carbons (Fsp3) is 0.250. The average molecular weight is 457 g/mol. The van der Waals surface area contributed by atoms with Crippen LogP contribution < -0.4 is 15.0 Å². The maximum Gasteiger partial charge on any atom is 0.296 e. The minimum Gasteiger partial charge on any atom is -0.464 e. The predicted molar refractivity (Wildman–Crippen MR) is 116 cm³/mol. The fourth-order valence-corrected chi connectivity index (χ4v) is 3.63. The van der Waals surface area contributed by atoms with E-state index in [0.29, 0.717) is 59.6 Å². The number of carbonyl (C=O) groups excluding carboxylic acids is 1. The summed E-state index contributed by atoms with van der Waals surface area (Å²) in [4.78, 5) is 19.2. The SMILES string of the molecule is N#Cc1ccc(C(=O)Nc2nnc(OCc3ccc(Cl)cc3)s2)c(N2CCOCC2)n1. The molecule has 0 radical (unpaired) electrons. The van der Waals surface area contributed by atoms with Crippen LogP contribution in [0.3, 0.4) is 0 Å². The van der Waals surface area contributed by atoms with E-state index < -0.39 is 0 Å². The first kappa shape index (κ1) is 21.0. The number of morpholine rings is 1. The predicted octanol–water partition coefficient (Wildman–Crippen LogP) is 3.13. The Morgan fingerprint density at radius 3 is 2.74 bits per heavy atom. The molecule has 1 aromatic carbocycles. The number of hydrogen-bond acceptors (Lipinski definition) is 9. The van der Waals surface area contributed by atoms with E-state index in [1.165, 1.54) is 6.07 Å². The molecule has 1 saturated heterocycles. The van der Waals surface area contributed by atoms with E-state index in [2.05, 4.69) is 20.5 Å². The average Bonchev–Trinajstić information content (AvgIpc) is 3.26. The molecule has 31 heavy (non-hydrogen) atoms. The molecule has 3 heterocycles. The summed E-state index contributed by atoms with van der Waals surface area (Å²) in [6.07, 6.45) is 0. The summed E-state index contributed by atoms with van der Waals surface area (Å²) in [5.74, 6) is 0.0578. The first-order valence-electron chi connectivity index (χ1n) is 9.38. The highest BCUT2D eigenvalue weighted by molar-refractivity contribution is 7.17. The van der Waals surface area contributed by atoms with Crippen molar-refractivity contribution in [3.63, 3.8) is 0 Å². The summed E-state index contributed by atoms with van der Waals surface area (Å²) in [6, 6.07) is 12.4. The lowest BCUT2D eigenvalue weighted by Gasteiger charge is -2.29. The second-order valence-corrected chi connectivity index (χ2v) is 7.90. The molecule has 1 aliphatic heterocycles. The van der Waals surface area contributed by atoms with Crippen LogP contribution in [0.4, 0.5) is 10.9 Å². The first-order valence-corrected chi connectivity index (χ1v) is 10.6. The van der Waals surface area contributed by atoms with Gasteiger partial charge in [0.05, 0.1) is 18.8 Å². The summed E-state index contributed by atoms with van der Waals surface area (Å²) in [5, 5.41) is 21.1. The number of nitrogens with one attached hydrogen (secondary N) is 1. The molecule has 2 aromatic heterocycles. The second-order valence-electron chi connectivity index (χ2n) is 6.52. The number of hydrogen-bond donors (Lipinski definition) is 1. The molecular weight excluding hydrogens is 440 g/mol. The second kappa shape index (κ2) is 9.70. The molecule has 1 N–H and O–H groups in total. The van der Waals surface area contributed by atoms with Crippen molar-refractivity contribution in [2.45, 2.75) is 6.61 Å². The van der Waals surface area contributed by atoms with Gasteiger partial charge in [0, 0.05) is 18.1 Å². The Morgan fingerprint density at radius 2 is 2.00 bits per heavy atom. The van der Waals surface area contributed by atoms with E-state index in [0.717, 1.165) is 16.9 Å². The Morgan fingerprint density at radius 1 is 1.23 bits per heavy atom. The lowest BCUT2D eigenvalue weighted by Crippen LogP contribution is -2.38. The normalized spacial score (nSPS) is 13.5. The largest absolute Gasteiger partial charge is 0.464 e. The maximum atomic E-state index is 12.9. The van der Waals surface area contributed by atoms with Gasteiger partial charge >= 0.3 is 0 Å². The highest BCUT2D eigenvalue weighted by atomic mass is 35.5. The molecule has 3 aromatic rings. The molecular formula is C20H17ClN6O3S. The molecule has 1 amide bonds. The minimum atomic E-state index is -0.390. The number of rotatable bonds is 6. The van der Waals surface area contributed by atoms with Crippen LogP contribution in [0.2, 0.25) is 5.02 Å². The topological polar surface area (TPSA) is 113 Å². The van der Waals surface area contributed by atoms with E-state index in [9.17, 15) is 10.1 Å². The Balaban J connectivity index is 1.45. The molecule has 0 saturated carbocycles. The summed E-state index contributed by atoms with van der Waals surface area (Å²) in [7, 11) is 0. The molecule has 0 aliphatic carbocycles. The van der Waals surface area contributed by atoms with Gasteiger partial charge in [0.1, 0.15) is 24.2 Å². The van der Waals surface area contributed by atoms with Gasteiger partial charge in [-0.2, -0.15) is 5.26 Å². The molecule has 1 aliphatic rings. The highest BCUT2D eigenvalue weighted by Gasteiger charge is 2.22. The third-order valence-corrected chi connectivity index (χ3v) is 5.45. The molecule has 11 heteroatoms. The zero-order chi connectivity index (χ0) is 21.6. The monoisotopic (exact) mass is 456 g/mol. The number of aromatic nitrogens is 3. The molecule has 0 atom stereocenters. The van der Waals surface area contributed by atoms with E-state index in [1.807, 2.05) is 23.1 Å². The van der Waals surface area contributed by atoms with E-state index in [1.54, 1.807) is 18.2 Å². The zero-order valence-electron chi connectivity index (χ0n) is 16.2. The van der Waals surface area contributed by atoms with Crippen LogP contribution in [0.15, 0.2) is 36.4 Å². The number of pyridine rings is 1. The van der Waals surface area contributed by atoms with Crippen LogP contribution in [0.25, 0.3) is 0 Å². The number of halogens is 1. The van der Waals surface area contributed by atoms with Gasteiger partial charge in [-0.15, -0.1) is 5.10 Å². The van der Waals surface area contributed by atoms with Gasteiger partial charge in [-0.05, 0) is 41.2 Å². The lowest BCUT2D eigenvalue weighted by molar-refractivity contribution is 0.102. The van der Waals surface area contributed by atoms with Crippen molar-refractivity contribution in [2.24, 2.45) is 0 Å². The first-order chi connectivity index (χ1) is 15.1. The molecule has 9 nitrogen and oxygen atoms in total. The molecule has 0 unspecified atom stereocenters. The smallest absolute Gasteiger partial charge is 0.296 e. The molecule has 158 valence electrons. The Hall–Kier alpha value is -3.26. The lowest BCUT2D eigenvalue weighted by atomic mass is 10.2. The van der Waals surface area contributed by atoms with Crippen molar-refractivity contribution < 1.29 is 14.3 Å². The fourth-order valence-electron chi connectivity index (χ4n) is 2.91. The molecule has 4 rings (SSSR count). The summed E-state index contributed by atoms with van der Waals surface area (Å²) in [5.41, 5.74) is 1.52. The number of ether oxygens (including phenoxy) is 2. The molecule has 1 fully saturated rings. The van der Waals surface area contributed by atoms with Crippen LogP contribution >= 0.6 is 22.9 Å². The van der Waals surface area contributed by atoms with Gasteiger partial charge in [-0.25, -0.2) is 4.98 Å². The molecule has 0 bridgehead atoms. The third-order valence-electron chi connectivity index (χ3n) is 4.45. The van der Waals surface area contributed by atoms with Crippen molar-refractivity contribution in [3.05, 3.63) is 58.2 Å². The van der Waals surface area contributed by atoms with Gasteiger partial charge in [0.25, 0.3) is 11.1 Å². The van der Waals surface area contributed by atoms with Crippen LogP contribution in [-0.2, 0) is 11.3 Å². The Bertz CT molecular complexity index is 1110. The van der Waals surface area contributed by atoms with E-state index in [4.69, 9.17) is 21.1 Å². The van der Waals surface area contributed by atoms with E-state index in [-0.39, 0.29) is 11.6 Å². The summed E-state index contributed by atoms with van der Waals surface area (Å²) < 4.78 is 11.0. The summed E-state index contributed by atoms with van der Waals surface area (Å²) in [6.45, 7) is 2.54. The van der Waals surface area contributed by atoms with Gasteiger partial charge < -0.3 is 14.4 Å². The van der Waals surface area contributed by atoms with Crippen molar-refractivity contribution in [3.8, 4) is 11.3 Å². The van der Waals surface area contributed by atoms with Crippen molar-refractivity contribution in [2.75, 3.05) is 36.5 Å². The van der Waals surface area contributed by atoms with Crippen LogP contribution in [0.1, 0.15) is 21.6 Å². The van der Waals surface area contributed by atoms with Crippen LogP contribution in [-0.4, -0.2) is 47.4 Å². The number of anilines is 2. The standard InChI is InChI=1S/C20H17ClN6O3S/c21-14-3-1-13(2-4-14)12-30-20-26-25-19(31-20)24-18(28)16-6-5-15(11-22)23-17(16)27-7-9-29-10-8-27/h1-6H,7-10,12H2,(H,24,25,28). The zero-order valence-corrected chi connectivity index (χ0v) is 17.8. The van der Waals surface area contributed by atoms with E-state index >= 15 is 0 Å². The van der Waals surface area contributed by atoms with Gasteiger partial charge in [-0.3, -0.25) is 10.1 Å². The van der Waals surface area contributed by atoms with Crippen molar-refractivity contribution in [1.82, 2.24) is 15.2 Å². The number of nitriles is 1. The summed E-state index contributed by atoms with van der Waals surface area (Å²) >= 11 is 7.00. The molecule has 0 spiro atoms. The van der Waals surface area contributed by atoms with Crippen LogP contribution in [0, 0.1) is 11.3 Å². The number of benzene rings is 1. The quantitative estimate of drug-likeness (QED) is 0.601. The number of nitrogens with zero attached hydrogens (tertiary/aromatic N) is 5. The highest BCUT2D eigenvalue weighted by Crippen LogP contribution is 2.26. The minimum absolute atomic E-state index is 0.242. The van der Waals surface area contributed by atoms with Gasteiger partial charge in [0.2, 0.25) is 5.13 Å². The Kier molecular flexibility index (Phi) is 6.57. The maximum absolute atomic E-state index is 12.9. The number of carbonyl (C=O) groups is 1. The van der Waals surface area contributed by atoms with Crippen molar-refractivity contribution in [1.29, 1.82) is 5.26 Å². The Labute approximate surface area is 187 Å².